The highest BCUT2D eigenvalue weighted by atomic mass is 35.5. The van der Waals surface area contributed by atoms with Crippen molar-refractivity contribution in [3.05, 3.63) is 89.4 Å². The fourth-order valence-electron chi connectivity index (χ4n) is 4.18. The van der Waals surface area contributed by atoms with Gasteiger partial charge in [-0.3, -0.25) is 13.9 Å². The first-order valence-electron chi connectivity index (χ1n) is 13.2. The van der Waals surface area contributed by atoms with Gasteiger partial charge in [0.15, 0.2) is 0 Å². The predicted molar refractivity (Wildman–Crippen MR) is 158 cm³/mol. The molecule has 3 aromatic carbocycles. The monoisotopic (exact) mass is 585 g/mol. The Labute approximate surface area is 241 Å². The van der Waals surface area contributed by atoms with E-state index in [-0.39, 0.29) is 34.1 Å². The van der Waals surface area contributed by atoms with Gasteiger partial charge in [0, 0.05) is 12.6 Å². The number of hydrogen-bond donors (Lipinski definition) is 1. The Balaban J connectivity index is 2.05. The molecule has 0 saturated carbocycles. The Morgan fingerprint density at radius 3 is 2.12 bits per heavy atom. The molecule has 40 heavy (non-hydrogen) atoms. The summed E-state index contributed by atoms with van der Waals surface area (Å²) in [5, 5.41) is 3.14. The first-order valence-corrected chi connectivity index (χ1v) is 15.0. The van der Waals surface area contributed by atoms with Gasteiger partial charge in [-0.15, -0.1) is 0 Å². The van der Waals surface area contributed by atoms with Crippen molar-refractivity contribution in [2.45, 2.75) is 57.1 Å². The maximum atomic E-state index is 14.1. The number of rotatable bonds is 13. The molecule has 0 radical (unpaired) electrons. The molecular formula is C30H36ClN3O5S. The van der Waals surface area contributed by atoms with Gasteiger partial charge in [0.05, 0.1) is 22.7 Å². The molecule has 0 unspecified atom stereocenters. The Hall–Kier alpha value is -3.56. The lowest BCUT2D eigenvalue weighted by molar-refractivity contribution is -0.140. The molecule has 0 aliphatic rings. The molecule has 2 amide bonds. The molecule has 0 fully saturated rings. The minimum absolute atomic E-state index is 0.0194. The van der Waals surface area contributed by atoms with Crippen LogP contribution < -0.4 is 14.4 Å². The Kier molecular flexibility index (Phi) is 11.0. The van der Waals surface area contributed by atoms with Crippen molar-refractivity contribution in [1.82, 2.24) is 10.2 Å². The number of nitrogens with zero attached hydrogens (tertiary/aromatic N) is 2. The van der Waals surface area contributed by atoms with E-state index in [9.17, 15) is 18.0 Å². The van der Waals surface area contributed by atoms with Crippen LogP contribution in [0.3, 0.4) is 0 Å². The largest absolute Gasteiger partial charge is 0.497 e. The second kappa shape index (κ2) is 14.2. The van der Waals surface area contributed by atoms with Crippen LogP contribution in [0.4, 0.5) is 5.69 Å². The summed E-state index contributed by atoms with van der Waals surface area (Å²) in [7, 11) is -2.62. The molecule has 0 aliphatic heterocycles. The maximum Gasteiger partial charge on any atom is 0.264 e. The lowest BCUT2D eigenvalue weighted by Crippen LogP contribution is -2.53. The molecule has 3 aromatic rings. The van der Waals surface area contributed by atoms with Crippen LogP contribution in [0.25, 0.3) is 0 Å². The first-order chi connectivity index (χ1) is 19.1. The number of anilines is 1. The minimum Gasteiger partial charge on any atom is -0.497 e. The van der Waals surface area contributed by atoms with Gasteiger partial charge in [-0.1, -0.05) is 67.9 Å². The molecule has 0 heterocycles. The molecule has 0 aliphatic carbocycles. The van der Waals surface area contributed by atoms with Gasteiger partial charge in [0.25, 0.3) is 10.0 Å². The number of carbonyl (C=O) groups is 2. The predicted octanol–water partition coefficient (Wildman–Crippen LogP) is 5.27. The molecule has 10 heteroatoms. The summed E-state index contributed by atoms with van der Waals surface area (Å²) in [6.45, 7) is 5.22. The molecular weight excluding hydrogens is 550 g/mol. The fourth-order valence-corrected chi connectivity index (χ4v) is 5.92. The number of ether oxygens (including phenoxy) is 1. The molecule has 3 rings (SSSR count). The number of para-hydroxylation sites is 1. The van der Waals surface area contributed by atoms with Crippen LogP contribution in [0.2, 0.25) is 5.02 Å². The Morgan fingerprint density at radius 2 is 1.55 bits per heavy atom. The van der Waals surface area contributed by atoms with Gasteiger partial charge in [-0.2, -0.15) is 0 Å². The van der Waals surface area contributed by atoms with Gasteiger partial charge in [0.1, 0.15) is 18.3 Å². The standard InChI is InChI=1S/C30H36ClN3O5S/c1-5-22(3)32-30(36)27(6-2)33(20-23-16-18-24(39-4)19-17-23)29(35)21-34(28-15-11-10-14-26(28)31)40(37,38)25-12-8-7-9-13-25/h7-19,22,27H,5-6,20-21H2,1-4H3,(H,32,36)/t22-,27-/m1/s1. The van der Waals surface area contributed by atoms with Gasteiger partial charge in [-0.05, 0) is 61.7 Å². The fraction of sp³-hybridized carbons (Fsp3) is 0.333. The van der Waals surface area contributed by atoms with Crippen molar-refractivity contribution in [3.63, 3.8) is 0 Å². The van der Waals surface area contributed by atoms with Crippen LogP contribution in [-0.2, 0) is 26.2 Å². The highest BCUT2D eigenvalue weighted by molar-refractivity contribution is 7.92. The number of carbonyl (C=O) groups excluding carboxylic acids is 2. The van der Waals surface area contributed by atoms with Gasteiger partial charge < -0.3 is 15.0 Å². The summed E-state index contributed by atoms with van der Waals surface area (Å²) in [4.78, 5) is 28.9. The third kappa shape index (κ3) is 7.55. The summed E-state index contributed by atoms with van der Waals surface area (Å²) < 4.78 is 33.9. The number of methoxy groups -OCH3 is 1. The lowest BCUT2D eigenvalue weighted by atomic mass is 10.1. The topological polar surface area (TPSA) is 96.0 Å². The maximum absolute atomic E-state index is 14.1. The van der Waals surface area contributed by atoms with Crippen molar-refractivity contribution in [2.75, 3.05) is 18.0 Å². The van der Waals surface area contributed by atoms with Crippen LogP contribution in [0.5, 0.6) is 5.75 Å². The van der Waals surface area contributed by atoms with E-state index in [0.717, 1.165) is 16.3 Å². The lowest BCUT2D eigenvalue weighted by Gasteiger charge is -2.34. The summed E-state index contributed by atoms with van der Waals surface area (Å²) in [6.07, 6.45) is 1.06. The third-order valence-corrected chi connectivity index (χ3v) is 8.72. The van der Waals surface area contributed by atoms with Crippen molar-refractivity contribution < 1.29 is 22.7 Å². The molecule has 8 nitrogen and oxygen atoms in total. The van der Waals surface area contributed by atoms with Crippen molar-refractivity contribution in [2.24, 2.45) is 0 Å². The van der Waals surface area contributed by atoms with E-state index in [1.807, 2.05) is 32.9 Å². The zero-order valence-electron chi connectivity index (χ0n) is 23.2. The zero-order chi connectivity index (χ0) is 29.3. The van der Waals surface area contributed by atoms with Crippen molar-refractivity contribution in [1.29, 1.82) is 0 Å². The van der Waals surface area contributed by atoms with E-state index in [1.165, 1.54) is 17.0 Å². The molecule has 2 atom stereocenters. The summed E-state index contributed by atoms with van der Waals surface area (Å²) in [6, 6.07) is 20.6. The molecule has 0 saturated heterocycles. The Bertz CT molecular complexity index is 1380. The molecule has 214 valence electrons. The molecule has 0 aromatic heterocycles. The summed E-state index contributed by atoms with van der Waals surface area (Å²) in [5.41, 5.74) is 0.932. The van der Waals surface area contributed by atoms with Crippen molar-refractivity contribution >= 4 is 39.1 Å². The smallest absolute Gasteiger partial charge is 0.264 e. The highest BCUT2D eigenvalue weighted by Gasteiger charge is 2.34. The van der Waals surface area contributed by atoms with Crippen LogP contribution >= 0.6 is 11.6 Å². The first kappa shape index (κ1) is 31.0. The molecule has 0 bridgehead atoms. The zero-order valence-corrected chi connectivity index (χ0v) is 24.8. The van der Waals surface area contributed by atoms with Gasteiger partial charge >= 0.3 is 0 Å². The van der Waals surface area contributed by atoms with E-state index in [0.29, 0.717) is 12.2 Å². The van der Waals surface area contributed by atoms with E-state index in [2.05, 4.69) is 5.32 Å². The number of halogens is 1. The minimum atomic E-state index is -4.18. The van der Waals surface area contributed by atoms with E-state index in [4.69, 9.17) is 16.3 Å². The van der Waals surface area contributed by atoms with Crippen LogP contribution in [0.1, 0.15) is 39.2 Å². The number of hydrogen-bond acceptors (Lipinski definition) is 5. The second-order valence-electron chi connectivity index (χ2n) is 9.39. The second-order valence-corrected chi connectivity index (χ2v) is 11.7. The van der Waals surface area contributed by atoms with Crippen LogP contribution in [0, 0.1) is 0 Å². The Morgan fingerprint density at radius 1 is 0.925 bits per heavy atom. The summed E-state index contributed by atoms with van der Waals surface area (Å²) >= 11 is 6.44. The van der Waals surface area contributed by atoms with Gasteiger partial charge in [0.2, 0.25) is 11.8 Å². The third-order valence-electron chi connectivity index (χ3n) is 6.63. The molecule has 1 N–H and O–H groups in total. The average Bonchev–Trinajstić information content (AvgIpc) is 2.96. The van der Waals surface area contributed by atoms with Crippen molar-refractivity contribution in [3.8, 4) is 5.75 Å². The van der Waals surface area contributed by atoms with Crippen LogP contribution in [0.15, 0.2) is 83.8 Å². The van der Waals surface area contributed by atoms with Crippen LogP contribution in [-0.4, -0.2) is 50.9 Å². The molecule has 0 spiro atoms. The summed E-state index contributed by atoms with van der Waals surface area (Å²) in [5.74, 6) is -0.183. The number of sulfonamides is 1. The average molecular weight is 586 g/mol. The normalized spacial score (nSPS) is 12.7. The van der Waals surface area contributed by atoms with E-state index >= 15 is 0 Å². The highest BCUT2D eigenvalue weighted by Crippen LogP contribution is 2.31. The quantitative estimate of drug-likeness (QED) is 0.295. The SMILES string of the molecule is CC[C@@H](C)NC(=O)[C@@H](CC)N(Cc1ccc(OC)cc1)C(=O)CN(c1ccccc1Cl)S(=O)(=O)c1ccccc1. The number of amides is 2. The number of benzene rings is 3. The van der Waals surface area contributed by atoms with E-state index < -0.39 is 28.5 Å². The number of nitrogens with one attached hydrogen (secondary N) is 1. The van der Waals surface area contributed by atoms with Gasteiger partial charge in [-0.25, -0.2) is 8.42 Å². The van der Waals surface area contributed by atoms with E-state index in [1.54, 1.807) is 61.7 Å².